The van der Waals surface area contributed by atoms with Gasteiger partial charge in [-0.15, -0.1) is 0 Å². The Bertz CT molecular complexity index is 4520. The van der Waals surface area contributed by atoms with Crippen molar-refractivity contribution in [1.82, 2.24) is 39.1 Å². The van der Waals surface area contributed by atoms with E-state index >= 15 is 0 Å². The molecule has 2 aromatic heterocycles. The summed E-state index contributed by atoms with van der Waals surface area (Å²) in [6, 6.07) is 30.1. The molecule has 4 saturated heterocycles. The van der Waals surface area contributed by atoms with Gasteiger partial charge < -0.3 is 77.7 Å². The van der Waals surface area contributed by atoms with E-state index in [4.69, 9.17) is 38.8 Å². The number of ether oxygens (including phenoxy) is 5. The summed E-state index contributed by atoms with van der Waals surface area (Å²) in [7, 11) is 0. The fraction of sp³-hybridized carbons (Fsp3) is 0.500. The maximum absolute atomic E-state index is 13.8. The Labute approximate surface area is 651 Å². The maximum atomic E-state index is 13.8. The van der Waals surface area contributed by atoms with Crippen LogP contribution in [0.5, 0.6) is 0 Å². The number of H-pyrrole nitrogens is 1. The van der Waals surface area contributed by atoms with Crippen molar-refractivity contribution in [2.24, 2.45) is 0 Å². The average molecular weight is 1540 g/mol. The lowest BCUT2D eigenvalue weighted by atomic mass is 9.75. The number of aliphatic hydroxyl groups is 1. The number of aliphatic hydroxyl groups excluding tert-OH is 1. The zero-order chi connectivity index (χ0) is 80.6. The standard InChI is InChI=1S/C25H34N4O4.C21H26N4O3.C21H26N2O6.C15H16N2O5/c1-4-19-20(5-2)28(13-9-10-14-30)22(26-19)15-29-21-12-8-7-11-18(21)25(23(29)31)16-27(17-25)24(32)33-6-3;1-4-15-16(5-2)23-18(22-15)11-25-17-10-8-7-9-14(17)21(19(25)26)12-24(13-21)20(27)28-6-3;1-4-16(24)17(5-2)29-18(25)11-23-15-10-8-7-9-14(15)21(19(23)26)12-22(13-21)20(27)28-6-3;1-2-22-14(21)16-8-15(9-16)10-5-3-4-6-11(10)17(13(15)20)7-12(18)19/h7-8,11-12,30H,4-6,9-10,13-17H2,1-3H3;7-10H,4-6,11-13H2,1-3H3,(H,22,23);7-10,17H,4-6,11-13H2,1-3H3;3-6H,2,7-9H2,1H3,(H,18,19). The number of carbonyl (C=O) groups excluding carboxylic acids is 10. The number of hydrogen-bond donors (Lipinski definition) is 3. The highest BCUT2D eigenvalue weighted by Gasteiger charge is 2.63. The third kappa shape index (κ3) is 15.2. The second-order valence-electron chi connectivity index (χ2n) is 28.8. The van der Waals surface area contributed by atoms with Gasteiger partial charge in [0.15, 0.2) is 11.9 Å². The first-order chi connectivity index (χ1) is 53.9. The van der Waals surface area contributed by atoms with E-state index in [2.05, 4.69) is 37.2 Å². The third-order valence-corrected chi connectivity index (χ3v) is 22.1. The molecule has 30 nitrogen and oxygen atoms in total. The number of amides is 8. The molecule has 0 aliphatic carbocycles. The number of benzene rings is 4. The van der Waals surface area contributed by atoms with Crippen molar-refractivity contribution in [2.75, 3.05) is 118 Å². The van der Waals surface area contributed by atoms with E-state index in [1.165, 1.54) is 25.3 Å². The minimum Gasteiger partial charge on any atom is -0.480 e. The molecule has 0 radical (unpaired) electrons. The van der Waals surface area contributed by atoms with Gasteiger partial charge in [0.1, 0.15) is 46.4 Å². The van der Waals surface area contributed by atoms with Crippen molar-refractivity contribution in [3.63, 3.8) is 0 Å². The number of aryl methyl sites for hydroxylation is 3. The summed E-state index contributed by atoms with van der Waals surface area (Å²) < 4.78 is 27.7. The van der Waals surface area contributed by atoms with Crippen LogP contribution in [0.2, 0.25) is 0 Å². The van der Waals surface area contributed by atoms with Crippen LogP contribution in [0, 0.1) is 0 Å². The van der Waals surface area contributed by atoms with Gasteiger partial charge in [0.2, 0.25) is 23.6 Å². The summed E-state index contributed by atoms with van der Waals surface area (Å²) in [5.74, 6) is -0.620. The molecule has 6 aromatic rings. The Balaban J connectivity index is 0.000000149. The lowest BCUT2D eigenvalue weighted by Crippen LogP contribution is -2.65. The molecule has 0 bridgehead atoms. The van der Waals surface area contributed by atoms with Gasteiger partial charge in [0.05, 0.1) is 50.9 Å². The monoisotopic (exact) mass is 1540 g/mol. The summed E-state index contributed by atoms with van der Waals surface area (Å²) >= 11 is 0. The summed E-state index contributed by atoms with van der Waals surface area (Å²) in [6.07, 6.45) is 3.31. The number of carboxylic acids is 1. The first-order valence-electron chi connectivity index (χ1n) is 38.9. The quantitative estimate of drug-likeness (QED) is 0.0289. The SMILES string of the molecule is CCOC(=O)N1CC2(C1)C(=O)N(CC(=O)O)c1ccccc12.CCOC(=O)N1CC2(C1)C(=O)N(CC(=O)OC(CC)C(=O)CC)c1ccccc12.CCOC(=O)N1CC2(C1)C(=O)N(Cc1nc(CC)c(CC)[nH]1)c1ccccc12.CCOC(=O)N1CC2(C1)C(=O)N(Cc1nc(CC)c(CC)n1CCCCO)c1ccccc12. The number of unbranched alkanes of at least 4 members (excludes halogenated alkanes) is 1. The molecule has 4 aromatic carbocycles. The number of ketones is 1. The van der Waals surface area contributed by atoms with Crippen LogP contribution >= 0.6 is 0 Å². The molecule has 1 atom stereocenters. The highest BCUT2D eigenvalue weighted by atomic mass is 16.6. The van der Waals surface area contributed by atoms with Gasteiger partial charge in [-0.2, -0.15) is 0 Å². The number of carbonyl (C=O) groups is 11. The van der Waals surface area contributed by atoms with Crippen LogP contribution in [0.25, 0.3) is 0 Å². The molecule has 10 heterocycles. The number of likely N-dealkylation sites (tertiary alicyclic amines) is 4. The van der Waals surface area contributed by atoms with E-state index in [0.29, 0.717) is 70.3 Å². The van der Waals surface area contributed by atoms with Crippen molar-refractivity contribution in [1.29, 1.82) is 0 Å². The van der Waals surface area contributed by atoms with E-state index < -0.39 is 51.9 Å². The summed E-state index contributed by atoms with van der Waals surface area (Å²) in [4.78, 5) is 162. The molecular weight excluding hydrogens is 1440 g/mol. The van der Waals surface area contributed by atoms with Gasteiger partial charge in [0, 0.05) is 106 Å². The van der Waals surface area contributed by atoms with Crippen molar-refractivity contribution < 1.29 is 86.6 Å². The molecule has 598 valence electrons. The summed E-state index contributed by atoms with van der Waals surface area (Å²) in [5.41, 5.74) is 7.95. The van der Waals surface area contributed by atoms with Crippen LogP contribution in [0.3, 0.4) is 0 Å². The second-order valence-corrected chi connectivity index (χ2v) is 28.8. The van der Waals surface area contributed by atoms with E-state index in [1.54, 1.807) is 80.5 Å². The second kappa shape index (κ2) is 34.6. The van der Waals surface area contributed by atoms with E-state index in [1.807, 2.05) is 77.7 Å². The molecule has 8 amide bonds. The molecule has 0 saturated carbocycles. The Kier molecular flexibility index (Phi) is 25.3. The average Bonchev–Trinajstić information content (AvgIpc) is 1.56. The molecule has 112 heavy (non-hydrogen) atoms. The van der Waals surface area contributed by atoms with E-state index in [0.717, 1.165) is 107 Å². The lowest BCUT2D eigenvalue weighted by molar-refractivity contribution is -0.154. The van der Waals surface area contributed by atoms with E-state index in [9.17, 15) is 57.8 Å². The van der Waals surface area contributed by atoms with Gasteiger partial charge in [0.25, 0.3) is 0 Å². The van der Waals surface area contributed by atoms with Crippen LogP contribution in [-0.4, -0.2) is 220 Å². The largest absolute Gasteiger partial charge is 0.480 e. The molecule has 3 N–H and O–H groups in total. The summed E-state index contributed by atoms with van der Waals surface area (Å²) in [5, 5.41) is 18.2. The highest BCUT2D eigenvalue weighted by Crippen LogP contribution is 2.52. The number of aliphatic carboxylic acids is 1. The fourth-order valence-electron chi connectivity index (χ4n) is 16.6. The third-order valence-electron chi connectivity index (χ3n) is 22.1. The van der Waals surface area contributed by atoms with Crippen molar-refractivity contribution in [3.8, 4) is 0 Å². The zero-order valence-electron chi connectivity index (χ0n) is 65.5. The predicted molar refractivity (Wildman–Crippen MR) is 412 cm³/mol. The highest BCUT2D eigenvalue weighted by molar-refractivity contribution is 6.14. The Hall–Kier alpha value is -11.2. The zero-order valence-corrected chi connectivity index (χ0v) is 65.5. The topological polar surface area (TPSA) is 347 Å². The van der Waals surface area contributed by atoms with Crippen LogP contribution in [0.15, 0.2) is 97.1 Å². The first-order valence-corrected chi connectivity index (χ1v) is 38.9. The fourth-order valence-corrected chi connectivity index (χ4v) is 16.6. The van der Waals surface area contributed by atoms with Crippen molar-refractivity contribution in [3.05, 3.63) is 154 Å². The van der Waals surface area contributed by atoms with Crippen LogP contribution in [0.1, 0.15) is 152 Å². The smallest absolute Gasteiger partial charge is 0.409 e. The number of anilines is 4. The molecule has 8 aliphatic rings. The number of hydrogen-bond acceptors (Lipinski definition) is 19. The molecule has 1 unspecified atom stereocenters. The summed E-state index contributed by atoms with van der Waals surface area (Å²) in [6.45, 7) is 23.4. The van der Waals surface area contributed by atoms with Gasteiger partial charge in [-0.3, -0.25) is 38.5 Å². The normalized spacial score (nSPS) is 17.2. The molecule has 30 heteroatoms. The predicted octanol–water partition coefficient (Wildman–Crippen LogP) is 8.70. The number of para-hydroxylation sites is 4. The van der Waals surface area contributed by atoms with Crippen molar-refractivity contribution in [2.45, 2.75) is 168 Å². The number of fused-ring (bicyclic) bond motifs is 8. The lowest BCUT2D eigenvalue weighted by Gasteiger charge is -2.45. The minimum atomic E-state index is -1.07. The number of Topliss-reactive ketones (excluding diaryl/α,β-unsaturated/α-hetero) is 1. The number of nitrogens with one attached hydrogen (secondary N) is 1. The molecule has 4 spiro atoms. The number of rotatable bonds is 24. The van der Waals surface area contributed by atoms with Gasteiger partial charge in [-0.25, -0.2) is 29.1 Å². The Morgan fingerprint density at radius 3 is 1.18 bits per heavy atom. The van der Waals surface area contributed by atoms with Crippen LogP contribution < -0.4 is 19.6 Å². The van der Waals surface area contributed by atoms with Gasteiger partial charge in [-0.1, -0.05) is 114 Å². The molecular formula is C82H102N12O18. The molecule has 4 fully saturated rings. The van der Waals surface area contributed by atoms with Gasteiger partial charge >= 0.3 is 36.3 Å². The Morgan fingerprint density at radius 1 is 0.464 bits per heavy atom. The molecule has 14 rings (SSSR count). The number of aromatic nitrogens is 4. The maximum Gasteiger partial charge on any atom is 0.409 e. The Morgan fingerprint density at radius 2 is 0.839 bits per heavy atom. The number of imidazole rings is 2. The van der Waals surface area contributed by atoms with Gasteiger partial charge in [-0.05, 0) is 119 Å². The van der Waals surface area contributed by atoms with E-state index in [-0.39, 0.29) is 107 Å². The molecule has 8 aliphatic heterocycles. The number of aromatic amines is 1. The van der Waals surface area contributed by atoms with Crippen LogP contribution in [-0.2, 0) is 124 Å². The number of carboxylic acid groups (broad SMARTS) is 1. The first kappa shape index (κ1) is 81.8. The van der Waals surface area contributed by atoms with Crippen LogP contribution in [0.4, 0.5) is 41.9 Å². The van der Waals surface area contributed by atoms with Crippen molar-refractivity contribution >= 4 is 88.5 Å². The number of esters is 1. The number of nitrogens with zero attached hydrogens (tertiary/aromatic N) is 11. The minimum absolute atomic E-state index is 0.0188.